The Kier molecular flexibility index (Phi) is 3.12. The number of pyridine rings is 1. The van der Waals surface area contributed by atoms with E-state index in [0.717, 1.165) is 37.5 Å². The first-order chi connectivity index (χ1) is 9.13. The van der Waals surface area contributed by atoms with Gasteiger partial charge in [-0.3, -0.25) is 0 Å². The summed E-state index contributed by atoms with van der Waals surface area (Å²) in [6, 6.07) is 3.53. The van der Waals surface area contributed by atoms with Gasteiger partial charge in [-0.1, -0.05) is 11.6 Å². The summed E-state index contributed by atoms with van der Waals surface area (Å²) in [6.07, 6.45) is 0. The number of nitrogens with zero attached hydrogens (tertiary/aromatic N) is 5. The fourth-order valence-corrected chi connectivity index (χ4v) is 2.38. The summed E-state index contributed by atoms with van der Waals surface area (Å²) >= 11 is 5.97. The number of rotatable bonds is 1. The van der Waals surface area contributed by atoms with Gasteiger partial charge < -0.3 is 15.5 Å². The first-order valence-electron chi connectivity index (χ1n) is 6.17. The topological polar surface area (TPSA) is 71.2 Å². The fourth-order valence-electron chi connectivity index (χ4n) is 2.23. The SMILES string of the molecule is CN1CCN(c2nc(N)nc3ccc(Cl)nc23)CC1. The molecule has 0 aromatic carbocycles. The lowest BCUT2D eigenvalue weighted by atomic mass is 10.3. The molecule has 3 heterocycles. The molecule has 1 aliphatic heterocycles. The second kappa shape index (κ2) is 4.79. The third-order valence-electron chi connectivity index (χ3n) is 3.31. The number of fused-ring (bicyclic) bond motifs is 1. The smallest absolute Gasteiger partial charge is 0.222 e. The van der Waals surface area contributed by atoms with Crippen LogP contribution in [0.4, 0.5) is 11.8 Å². The molecule has 1 saturated heterocycles. The van der Waals surface area contributed by atoms with Crippen molar-refractivity contribution in [2.45, 2.75) is 0 Å². The molecule has 6 nitrogen and oxygen atoms in total. The molecule has 0 spiro atoms. The van der Waals surface area contributed by atoms with Crippen LogP contribution in [-0.4, -0.2) is 53.1 Å². The molecule has 1 aliphatic rings. The predicted molar refractivity (Wildman–Crippen MR) is 76.5 cm³/mol. The molecule has 0 atom stereocenters. The molecule has 2 N–H and O–H groups in total. The van der Waals surface area contributed by atoms with Gasteiger partial charge in [0.15, 0.2) is 5.82 Å². The van der Waals surface area contributed by atoms with Crippen molar-refractivity contribution in [2.75, 3.05) is 43.9 Å². The molecule has 0 unspecified atom stereocenters. The number of likely N-dealkylation sites (N-methyl/N-ethyl adjacent to an activating group) is 1. The molecular formula is C12H15ClN6. The second-order valence-corrected chi connectivity index (χ2v) is 5.08. The predicted octanol–water partition coefficient (Wildman–Crippen LogP) is 1.01. The zero-order valence-electron chi connectivity index (χ0n) is 10.7. The van der Waals surface area contributed by atoms with Crippen molar-refractivity contribution in [2.24, 2.45) is 0 Å². The van der Waals surface area contributed by atoms with E-state index >= 15 is 0 Å². The van der Waals surface area contributed by atoms with Crippen molar-refractivity contribution < 1.29 is 0 Å². The van der Waals surface area contributed by atoms with Crippen LogP contribution in [-0.2, 0) is 0 Å². The summed E-state index contributed by atoms with van der Waals surface area (Å²) in [5.41, 5.74) is 7.22. The fraction of sp³-hybridized carbons (Fsp3) is 0.417. The zero-order valence-corrected chi connectivity index (χ0v) is 11.4. The average molecular weight is 279 g/mol. The standard InChI is InChI=1S/C12H15ClN6/c1-18-4-6-19(7-5-18)11-10-8(15-12(14)17-11)2-3-9(13)16-10/h2-3H,4-7H2,1H3,(H2,14,15,17). The van der Waals surface area contributed by atoms with Crippen molar-refractivity contribution in [3.8, 4) is 0 Å². The first-order valence-corrected chi connectivity index (χ1v) is 6.54. The number of hydrogen-bond acceptors (Lipinski definition) is 6. The highest BCUT2D eigenvalue weighted by molar-refractivity contribution is 6.29. The van der Waals surface area contributed by atoms with Crippen LogP contribution >= 0.6 is 11.6 Å². The van der Waals surface area contributed by atoms with Gasteiger partial charge in [-0.15, -0.1) is 0 Å². The molecule has 0 bridgehead atoms. The molecule has 2 aromatic heterocycles. The number of anilines is 2. The molecule has 100 valence electrons. The summed E-state index contributed by atoms with van der Waals surface area (Å²) in [6.45, 7) is 3.78. The van der Waals surface area contributed by atoms with E-state index in [4.69, 9.17) is 17.3 Å². The van der Waals surface area contributed by atoms with E-state index in [2.05, 4.69) is 31.8 Å². The third kappa shape index (κ3) is 2.41. The van der Waals surface area contributed by atoms with Crippen LogP contribution in [0.5, 0.6) is 0 Å². The highest BCUT2D eigenvalue weighted by atomic mass is 35.5. The van der Waals surface area contributed by atoms with E-state index in [1.165, 1.54) is 0 Å². The third-order valence-corrected chi connectivity index (χ3v) is 3.52. The van der Waals surface area contributed by atoms with Crippen LogP contribution in [0.15, 0.2) is 12.1 Å². The van der Waals surface area contributed by atoms with Crippen LogP contribution in [0.2, 0.25) is 5.15 Å². The Morgan fingerprint density at radius 2 is 1.84 bits per heavy atom. The molecular weight excluding hydrogens is 264 g/mol. The van der Waals surface area contributed by atoms with Gasteiger partial charge in [0, 0.05) is 26.2 Å². The maximum Gasteiger partial charge on any atom is 0.222 e. The second-order valence-electron chi connectivity index (χ2n) is 4.70. The van der Waals surface area contributed by atoms with Crippen molar-refractivity contribution in [3.63, 3.8) is 0 Å². The molecule has 19 heavy (non-hydrogen) atoms. The highest BCUT2D eigenvalue weighted by Crippen LogP contribution is 2.25. The van der Waals surface area contributed by atoms with Crippen LogP contribution in [0, 0.1) is 0 Å². The number of aromatic nitrogens is 3. The molecule has 0 amide bonds. The molecule has 0 saturated carbocycles. The van der Waals surface area contributed by atoms with Gasteiger partial charge in [-0.25, -0.2) is 9.97 Å². The number of nitrogens with two attached hydrogens (primary N) is 1. The lowest BCUT2D eigenvalue weighted by molar-refractivity contribution is 0.312. The monoisotopic (exact) mass is 278 g/mol. The van der Waals surface area contributed by atoms with Gasteiger partial charge in [-0.2, -0.15) is 4.98 Å². The van der Waals surface area contributed by atoms with Crippen molar-refractivity contribution in [1.82, 2.24) is 19.9 Å². The molecule has 3 rings (SSSR count). The van der Waals surface area contributed by atoms with Crippen LogP contribution in [0.3, 0.4) is 0 Å². The van der Waals surface area contributed by atoms with Gasteiger partial charge in [0.05, 0.1) is 5.52 Å². The van der Waals surface area contributed by atoms with E-state index in [1.54, 1.807) is 6.07 Å². The lowest BCUT2D eigenvalue weighted by Crippen LogP contribution is -2.45. The Bertz CT molecular complexity index is 608. The summed E-state index contributed by atoms with van der Waals surface area (Å²) in [5.74, 6) is 1.05. The average Bonchev–Trinajstić information content (AvgIpc) is 2.39. The zero-order chi connectivity index (χ0) is 13.4. The highest BCUT2D eigenvalue weighted by Gasteiger charge is 2.19. The maximum atomic E-state index is 5.97. The number of hydrogen-bond donors (Lipinski definition) is 1. The molecule has 7 heteroatoms. The van der Waals surface area contributed by atoms with E-state index in [0.29, 0.717) is 10.7 Å². The van der Waals surface area contributed by atoms with Crippen molar-refractivity contribution in [1.29, 1.82) is 0 Å². The van der Waals surface area contributed by atoms with Gasteiger partial charge >= 0.3 is 0 Å². The minimum absolute atomic E-state index is 0.269. The minimum Gasteiger partial charge on any atom is -0.368 e. The van der Waals surface area contributed by atoms with Gasteiger partial charge in [0.1, 0.15) is 10.7 Å². The normalized spacial score (nSPS) is 17.1. The summed E-state index contributed by atoms with van der Waals surface area (Å²) in [7, 11) is 2.11. The van der Waals surface area contributed by atoms with Crippen LogP contribution < -0.4 is 10.6 Å². The molecule has 0 radical (unpaired) electrons. The Morgan fingerprint density at radius 3 is 2.58 bits per heavy atom. The molecule has 0 aliphatic carbocycles. The summed E-state index contributed by atoms with van der Waals surface area (Å²) < 4.78 is 0. The summed E-state index contributed by atoms with van der Waals surface area (Å²) in [5, 5.41) is 0.441. The van der Waals surface area contributed by atoms with E-state index in [-0.39, 0.29) is 5.95 Å². The summed E-state index contributed by atoms with van der Waals surface area (Å²) in [4.78, 5) is 17.3. The minimum atomic E-state index is 0.269. The Morgan fingerprint density at radius 1 is 1.11 bits per heavy atom. The van der Waals surface area contributed by atoms with E-state index < -0.39 is 0 Å². The van der Waals surface area contributed by atoms with Crippen LogP contribution in [0.25, 0.3) is 11.0 Å². The lowest BCUT2D eigenvalue weighted by Gasteiger charge is -2.33. The van der Waals surface area contributed by atoms with Crippen molar-refractivity contribution in [3.05, 3.63) is 17.3 Å². The Labute approximate surface area is 116 Å². The van der Waals surface area contributed by atoms with Gasteiger partial charge in [0.25, 0.3) is 0 Å². The van der Waals surface area contributed by atoms with Crippen molar-refractivity contribution >= 4 is 34.4 Å². The van der Waals surface area contributed by atoms with E-state index in [1.807, 2.05) is 6.07 Å². The Hall–Kier alpha value is -1.66. The van der Waals surface area contributed by atoms with Crippen LogP contribution in [0.1, 0.15) is 0 Å². The number of nitrogen functional groups attached to an aromatic ring is 1. The maximum absolute atomic E-state index is 5.97. The largest absolute Gasteiger partial charge is 0.368 e. The quantitative estimate of drug-likeness (QED) is 0.785. The first kappa shape index (κ1) is 12.4. The number of piperazine rings is 1. The number of halogens is 1. The van der Waals surface area contributed by atoms with Gasteiger partial charge in [0.2, 0.25) is 5.95 Å². The Balaban J connectivity index is 2.08. The molecule has 1 fully saturated rings. The van der Waals surface area contributed by atoms with E-state index in [9.17, 15) is 0 Å². The van der Waals surface area contributed by atoms with Gasteiger partial charge in [-0.05, 0) is 19.2 Å². The molecule has 2 aromatic rings.